The zero-order valence-corrected chi connectivity index (χ0v) is 18.2. The molecule has 0 saturated carbocycles. The summed E-state index contributed by atoms with van der Waals surface area (Å²) >= 11 is 3.47. The summed E-state index contributed by atoms with van der Waals surface area (Å²) in [6.45, 7) is 3.98. The third-order valence-corrected chi connectivity index (χ3v) is 5.15. The smallest absolute Gasteiger partial charge is 0.262 e. The minimum Gasteiger partial charge on any atom is -0.438 e. The Morgan fingerprint density at radius 2 is 1.90 bits per heavy atom. The van der Waals surface area contributed by atoms with Gasteiger partial charge in [-0.1, -0.05) is 41.1 Å². The van der Waals surface area contributed by atoms with Crippen LogP contribution in [0.1, 0.15) is 28.5 Å². The molecule has 150 valence electrons. The van der Waals surface area contributed by atoms with E-state index >= 15 is 0 Å². The van der Waals surface area contributed by atoms with Crippen LogP contribution in [0.3, 0.4) is 0 Å². The molecule has 0 aliphatic rings. The van der Waals surface area contributed by atoms with Crippen molar-refractivity contribution in [3.8, 4) is 0 Å². The predicted molar refractivity (Wildman–Crippen MR) is 122 cm³/mol. The molecule has 1 amide bonds. The number of rotatable bonds is 4. The second-order valence-corrected chi connectivity index (χ2v) is 7.81. The first-order valence-electron chi connectivity index (χ1n) is 9.64. The Hall–Kier alpha value is -3.25. The third kappa shape index (κ3) is 4.49. The zero-order chi connectivity index (χ0) is 21.1. The summed E-state index contributed by atoms with van der Waals surface area (Å²) in [4.78, 5) is 22.0. The Morgan fingerprint density at radius 1 is 1.10 bits per heavy atom. The number of aryl methyl sites for hydroxylation is 2. The highest BCUT2D eigenvalue weighted by Crippen LogP contribution is 2.21. The molecule has 0 fully saturated rings. The number of nitrogens with zero attached hydrogens (tertiary/aromatic N) is 2. The number of nitrogens with one attached hydrogen (secondary N) is 1. The standard InChI is InChI=1S/C24H20BrN3O2/c1-3-16-7-10-19(11-8-16)27-24-20(14-17-13-18(25)9-12-21(17)30-24)23(29)28-22-6-4-5-15(2)26-22/h4-14H,3H2,1-2H3,(H,26,28,29). The van der Waals surface area contributed by atoms with E-state index in [9.17, 15) is 4.79 Å². The summed E-state index contributed by atoms with van der Waals surface area (Å²) in [6.07, 6.45) is 0.951. The first kappa shape index (κ1) is 20.0. The number of carbonyl (C=O) groups excluding carboxylic acids is 1. The van der Waals surface area contributed by atoms with Crippen molar-refractivity contribution in [1.82, 2.24) is 4.98 Å². The monoisotopic (exact) mass is 461 g/mol. The molecule has 2 heterocycles. The van der Waals surface area contributed by atoms with E-state index in [-0.39, 0.29) is 11.5 Å². The van der Waals surface area contributed by atoms with Gasteiger partial charge in [-0.15, -0.1) is 0 Å². The fraction of sp³-hybridized carbons (Fsp3) is 0.125. The number of carbonyl (C=O) groups is 1. The fourth-order valence-corrected chi connectivity index (χ4v) is 3.45. The number of hydrogen-bond acceptors (Lipinski definition) is 4. The van der Waals surface area contributed by atoms with Crippen molar-refractivity contribution in [2.45, 2.75) is 20.3 Å². The maximum atomic E-state index is 13.1. The maximum absolute atomic E-state index is 13.1. The molecule has 0 saturated heterocycles. The summed E-state index contributed by atoms with van der Waals surface area (Å²) in [5.41, 5.74) is 3.99. The molecule has 0 spiro atoms. The third-order valence-electron chi connectivity index (χ3n) is 4.66. The molecular formula is C24H20BrN3O2. The number of pyridine rings is 1. The second-order valence-electron chi connectivity index (χ2n) is 6.90. The Morgan fingerprint density at radius 3 is 2.63 bits per heavy atom. The molecule has 0 bridgehead atoms. The van der Waals surface area contributed by atoms with Crippen molar-refractivity contribution < 1.29 is 9.21 Å². The molecule has 0 aliphatic carbocycles. The van der Waals surface area contributed by atoms with Crippen molar-refractivity contribution in [3.05, 3.63) is 93.6 Å². The molecule has 6 heteroatoms. The van der Waals surface area contributed by atoms with E-state index in [4.69, 9.17) is 4.42 Å². The number of fused-ring (bicyclic) bond motifs is 1. The van der Waals surface area contributed by atoms with Crippen LogP contribution in [0.15, 0.2) is 80.6 Å². The molecule has 4 rings (SSSR count). The lowest BCUT2D eigenvalue weighted by Crippen LogP contribution is -2.22. The van der Waals surface area contributed by atoms with E-state index in [1.165, 1.54) is 5.56 Å². The van der Waals surface area contributed by atoms with Gasteiger partial charge in [0.2, 0.25) is 5.55 Å². The van der Waals surface area contributed by atoms with E-state index in [0.717, 1.165) is 27.7 Å². The van der Waals surface area contributed by atoms with Gasteiger partial charge in [0, 0.05) is 15.6 Å². The van der Waals surface area contributed by atoms with Gasteiger partial charge in [0.05, 0.1) is 5.69 Å². The quantitative estimate of drug-likeness (QED) is 0.408. The normalized spacial score (nSPS) is 11.6. The Labute approximate surface area is 182 Å². The minimum atomic E-state index is -0.331. The Bertz CT molecular complexity index is 1290. The molecule has 0 unspecified atom stereocenters. The van der Waals surface area contributed by atoms with E-state index in [2.05, 4.69) is 38.1 Å². The molecule has 4 aromatic rings. The number of benzene rings is 2. The molecule has 0 aliphatic heterocycles. The van der Waals surface area contributed by atoms with Crippen LogP contribution >= 0.6 is 15.9 Å². The van der Waals surface area contributed by atoms with Crippen LogP contribution in [0.5, 0.6) is 0 Å². The maximum Gasteiger partial charge on any atom is 0.262 e. The Balaban J connectivity index is 1.83. The van der Waals surface area contributed by atoms with Crippen LogP contribution in [0.2, 0.25) is 0 Å². The average Bonchev–Trinajstić information content (AvgIpc) is 2.74. The van der Waals surface area contributed by atoms with Gasteiger partial charge in [0.25, 0.3) is 5.91 Å². The largest absolute Gasteiger partial charge is 0.438 e. The van der Waals surface area contributed by atoms with Gasteiger partial charge in [-0.05, 0) is 67.4 Å². The summed E-state index contributed by atoms with van der Waals surface area (Å²) in [6, 6.07) is 20.8. The fourth-order valence-electron chi connectivity index (χ4n) is 3.07. The van der Waals surface area contributed by atoms with Gasteiger partial charge in [-0.25, -0.2) is 9.98 Å². The van der Waals surface area contributed by atoms with Crippen LogP contribution in [-0.2, 0) is 6.42 Å². The lowest BCUT2D eigenvalue weighted by molar-refractivity contribution is 0.102. The second kappa shape index (κ2) is 8.63. The first-order chi connectivity index (χ1) is 14.5. The van der Waals surface area contributed by atoms with E-state index in [1.54, 1.807) is 12.1 Å². The van der Waals surface area contributed by atoms with E-state index in [1.807, 2.05) is 61.5 Å². The van der Waals surface area contributed by atoms with Gasteiger partial charge in [-0.2, -0.15) is 0 Å². The summed E-state index contributed by atoms with van der Waals surface area (Å²) in [5.74, 6) is 0.148. The number of halogens is 1. The number of hydrogen-bond donors (Lipinski definition) is 1. The molecule has 0 radical (unpaired) electrons. The topological polar surface area (TPSA) is 67.5 Å². The first-order valence-corrected chi connectivity index (χ1v) is 10.4. The molecule has 30 heavy (non-hydrogen) atoms. The highest BCUT2D eigenvalue weighted by molar-refractivity contribution is 9.10. The van der Waals surface area contributed by atoms with Gasteiger partial charge < -0.3 is 9.73 Å². The molecule has 1 N–H and O–H groups in total. The Kier molecular flexibility index (Phi) is 5.77. The van der Waals surface area contributed by atoms with Crippen LogP contribution in [0, 0.1) is 6.92 Å². The SMILES string of the molecule is CCc1ccc(N=c2oc3ccc(Br)cc3cc2C(=O)Nc2cccc(C)n2)cc1. The summed E-state index contributed by atoms with van der Waals surface area (Å²) < 4.78 is 6.92. The van der Waals surface area contributed by atoms with Gasteiger partial charge in [-0.3, -0.25) is 4.79 Å². The van der Waals surface area contributed by atoms with Crippen molar-refractivity contribution >= 4 is 44.3 Å². The van der Waals surface area contributed by atoms with E-state index in [0.29, 0.717) is 17.0 Å². The lowest BCUT2D eigenvalue weighted by atomic mass is 10.1. The van der Waals surface area contributed by atoms with Crippen molar-refractivity contribution in [2.24, 2.45) is 4.99 Å². The van der Waals surface area contributed by atoms with Gasteiger partial charge in [0.1, 0.15) is 17.0 Å². The van der Waals surface area contributed by atoms with Crippen LogP contribution in [0.25, 0.3) is 11.0 Å². The highest BCUT2D eigenvalue weighted by atomic mass is 79.9. The number of anilines is 1. The highest BCUT2D eigenvalue weighted by Gasteiger charge is 2.14. The molecule has 2 aromatic heterocycles. The molecule has 0 atom stereocenters. The number of aromatic nitrogens is 1. The van der Waals surface area contributed by atoms with Crippen molar-refractivity contribution in [2.75, 3.05) is 5.32 Å². The van der Waals surface area contributed by atoms with Crippen LogP contribution in [-0.4, -0.2) is 10.9 Å². The summed E-state index contributed by atoms with van der Waals surface area (Å²) in [5, 5.41) is 3.64. The van der Waals surface area contributed by atoms with Crippen molar-refractivity contribution in [1.29, 1.82) is 0 Å². The van der Waals surface area contributed by atoms with Gasteiger partial charge >= 0.3 is 0 Å². The lowest BCUT2D eigenvalue weighted by Gasteiger charge is -2.07. The van der Waals surface area contributed by atoms with Crippen LogP contribution in [0.4, 0.5) is 11.5 Å². The average molecular weight is 462 g/mol. The van der Waals surface area contributed by atoms with Crippen LogP contribution < -0.4 is 10.9 Å². The molecular weight excluding hydrogens is 442 g/mol. The summed E-state index contributed by atoms with van der Waals surface area (Å²) in [7, 11) is 0. The van der Waals surface area contributed by atoms with E-state index < -0.39 is 0 Å². The van der Waals surface area contributed by atoms with Gasteiger partial charge in [0.15, 0.2) is 0 Å². The predicted octanol–water partition coefficient (Wildman–Crippen LogP) is 5.95. The van der Waals surface area contributed by atoms with Crippen molar-refractivity contribution in [3.63, 3.8) is 0 Å². The molecule has 2 aromatic carbocycles. The number of amides is 1. The minimum absolute atomic E-state index is 0.249. The molecule has 5 nitrogen and oxygen atoms in total. The zero-order valence-electron chi connectivity index (χ0n) is 16.6.